The van der Waals surface area contributed by atoms with Crippen LogP contribution in [0.1, 0.15) is 34.5 Å². The molecule has 1 N–H and O–H groups in total. The third kappa shape index (κ3) is 2.99. The maximum Gasteiger partial charge on any atom is 0.129 e. The van der Waals surface area contributed by atoms with Crippen molar-refractivity contribution >= 4 is 22.9 Å². The monoisotopic (exact) mass is 297 g/mol. The molecule has 0 saturated heterocycles. The Labute approximate surface area is 122 Å². The van der Waals surface area contributed by atoms with Gasteiger partial charge < -0.3 is 5.32 Å². The number of thiophene rings is 1. The first kappa shape index (κ1) is 14.5. The Kier molecular flexibility index (Phi) is 4.61. The number of hydrogen-bond acceptors (Lipinski definition) is 2. The molecule has 0 radical (unpaired) electrons. The smallest absolute Gasteiger partial charge is 0.129 e. The number of halogens is 2. The van der Waals surface area contributed by atoms with E-state index in [0.29, 0.717) is 11.1 Å². The summed E-state index contributed by atoms with van der Waals surface area (Å²) >= 11 is 7.85. The minimum Gasteiger partial charge on any atom is -0.306 e. The van der Waals surface area contributed by atoms with Crippen LogP contribution < -0.4 is 5.32 Å². The second-order valence-corrected chi connectivity index (χ2v) is 5.95. The van der Waals surface area contributed by atoms with Crippen molar-refractivity contribution in [1.82, 2.24) is 5.32 Å². The minimum absolute atomic E-state index is 0.0236. The molecule has 2 aromatic rings. The van der Waals surface area contributed by atoms with Gasteiger partial charge in [0.15, 0.2) is 0 Å². The van der Waals surface area contributed by atoms with E-state index in [-0.39, 0.29) is 11.9 Å². The van der Waals surface area contributed by atoms with Crippen molar-refractivity contribution in [3.63, 3.8) is 0 Å². The van der Waals surface area contributed by atoms with E-state index in [1.165, 1.54) is 0 Å². The van der Waals surface area contributed by atoms with Crippen LogP contribution in [0.5, 0.6) is 0 Å². The van der Waals surface area contributed by atoms with E-state index in [9.17, 15) is 4.39 Å². The van der Waals surface area contributed by atoms with Crippen molar-refractivity contribution < 1.29 is 4.39 Å². The van der Waals surface area contributed by atoms with Crippen LogP contribution in [-0.2, 0) is 0 Å². The predicted octanol–water partition coefficient (Wildman–Crippen LogP) is 4.86. The van der Waals surface area contributed by atoms with E-state index in [4.69, 9.17) is 11.6 Å². The summed E-state index contributed by atoms with van der Waals surface area (Å²) in [7, 11) is 0. The molecule has 0 amide bonds. The van der Waals surface area contributed by atoms with Crippen LogP contribution in [0.3, 0.4) is 0 Å². The molecule has 0 aliphatic heterocycles. The van der Waals surface area contributed by atoms with Gasteiger partial charge in [-0.1, -0.05) is 30.7 Å². The Bertz CT molecular complexity index is 556. The fraction of sp³-hybridized carbons (Fsp3) is 0.333. The van der Waals surface area contributed by atoms with Crippen molar-refractivity contribution in [3.8, 4) is 0 Å². The third-order valence-electron chi connectivity index (χ3n) is 3.11. The van der Waals surface area contributed by atoms with E-state index >= 15 is 0 Å². The first-order chi connectivity index (χ1) is 9.04. The van der Waals surface area contributed by atoms with Crippen LogP contribution in [0.2, 0.25) is 5.02 Å². The van der Waals surface area contributed by atoms with Crippen LogP contribution in [-0.4, -0.2) is 6.54 Å². The average molecular weight is 298 g/mol. The standard InChI is InChI=1S/C15H17ClFNS/c1-4-18-14(15-12(16)5-6-19-15)11-7-9(2)13(17)10(3)8-11/h5-8,14,18H,4H2,1-3H3. The zero-order valence-corrected chi connectivity index (χ0v) is 12.8. The second kappa shape index (κ2) is 6.04. The summed E-state index contributed by atoms with van der Waals surface area (Å²) in [6.45, 7) is 6.47. The Morgan fingerprint density at radius 1 is 1.32 bits per heavy atom. The molecule has 19 heavy (non-hydrogen) atoms. The fourth-order valence-electron chi connectivity index (χ4n) is 2.22. The lowest BCUT2D eigenvalue weighted by molar-refractivity contribution is 0.600. The lowest BCUT2D eigenvalue weighted by atomic mass is 9.99. The molecule has 102 valence electrons. The van der Waals surface area contributed by atoms with Crippen molar-refractivity contribution in [2.75, 3.05) is 6.54 Å². The summed E-state index contributed by atoms with van der Waals surface area (Å²) in [6.07, 6.45) is 0. The van der Waals surface area contributed by atoms with Gasteiger partial charge in [0.05, 0.1) is 11.1 Å². The van der Waals surface area contributed by atoms with Crippen molar-refractivity contribution in [3.05, 3.63) is 56.0 Å². The lowest BCUT2D eigenvalue weighted by Crippen LogP contribution is -2.21. The Hall–Kier alpha value is -0.900. The second-order valence-electron chi connectivity index (χ2n) is 4.59. The highest BCUT2D eigenvalue weighted by atomic mass is 35.5. The first-order valence-corrected chi connectivity index (χ1v) is 7.53. The van der Waals surface area contributed by atoms with Crippen LogP contribution in [0, 0.1) is 19.7 Å². The number of rotatable bonds is 4. The molecule has 2 rings (SSSR count). The first-order valence-electron chi connectivity index (χ1n) is 6.27. The molecule has 1 unspecified atom stereocenters. The molecule has 0 saturated carbocycles. The van der Waals surface area contributed by atoms with Crippen LogP contribution >= 0.6 is 22.9 Å². The highest BCUT2D eigenvalue weighted by molar-refractivity contribution is 7.10. The van der Waals surface area contributed by atoms with Crippen molar-refractivity contribution in [2.24, 2.45) is 0 Å². The largest absolute Gasteiger partial charge is 0.306 e. The van der Waals surface area contributed by atoms with Gasteiger partial charge in [-0.25, -0.2) is 4.39 Å². The van der Waals surface area contributed by atoms with Gasteiger partial charge in [-0.15, -0.1) is 11.3 Å². The highest BCUT2D eigenvalue weighted by Crippen LogP contribution is 2.34. The molecule has 0 aliphatic carbocycles. The molecule has 0 bridgehead atoms. The third-order valence-corrected chi connectivity index (χ3v) is 4.53. The van der Waals surface area contributed by atoms with Crippen LogP contribution in [0.25, 0.3) is 0 Å². The molecular formula is C15H17ClFNS. The minimum atomic E-state index is -0.128. The van der Waals surface area contributed by atoms with Gasteiger partial charge in [0.2, 0.25) is 0 Å². The van der Waals surface area contributed by atoms with Crippen molar-refractivity contribution in [2.45, 2.75) is 26.8 Å². The Morgan fingerprint density at radius 2 is 1.95 bits per heavy atom. The highest BCUT2D eigenvalue weighted by Gasteiger charge is 2.19. The zero-order valence-electron chi connectivity index (χ0n) is 11.3. The molecule has 0 aliphatic rings. The fourth-order valence-corrected chi connectivity index (χ4v) is 3.49. The van der Waals surface area contributed by atoms with Gasteiger partial charge in [-0.3, -0.25) is 0 Å². The molecule has 1 atom stereocenters. The van der Waals surface area contributed by atoms with Crippen LogP contribution in [0.15, 0.2) is 23.6 Å². The normalized spacial score (nSPS) is 12.7. The van der Waals surface area contributed by atoms with E-state index in [1.54, 1.807) is 25.2 Å². The lowest BCUT2D eigenvalue weighted by Gasteiger charge is -2.19. The summed E-state index contributed by atoms with van der Waals surface area (Å²) in [5.74, 6) is -0.128. The van der Waals surface area contributed by atoms with Crippen LogP contribution in [0.4, 0.5) is 4.39 Å². The van der Waals surface area contributed by atoms with E-state index in [1.807, 2.05) is 23.6 Å². The summed E-state index contributed by atoms with van der Waals surface area (Å²) in [5, 5.41) is 6.16. The number of benzene rings is 1. The maximum absolute atomic E-state index is 13.7. The average Bonchev–Trinajstić information content (AvgIpc) is 2.78. The van der Waals surface area contributed by atoms with E-state index < -0.39 is 0 Å². The Balaban J connectivity index is 2.48. The molecule has 1 aromatic carbocycles. The van der Waals surface area contributed by atoms with Gasteiger partial charge in [-0.2, -0.15) is 0 Å². The van der Waals surface area contributed by atoms with Gasteiger partial charge >= 0.3 is 0 Å². The van der Waals surface area contributed by atoms with Gasteiger partial charge in [-0.05, 0) is 48.5 Å². The van der Waals surface area contributed by atoms with E-state index in [2.05, 4.69) is 12.2 Å². The molecule has 0 spiro atoms. The maximum atomic E-state index is 13.7. The molecule has 1 nitrogen and oxygen atoms in total. The molecule has 4 heteroatoms. The summed E-state index contributed by atoms with van der Waals surface area (Å²) < 4.78 is 13.7. The summed E-state index contributed by atoms with van der Waals surface area (Å²) in [4.78, 5) is 1.08. The van der Waals surface area contributed by atoms with Crippen molar-refractivity contribution in [1.29, 1.82) is 0 Å². The predicted molar refractivity (Wildman–Crippen MR) is 80.7 cm³/mol. The number of nitrogens with one attached hydrogen (secondary N) is 1. The zero-order chi connectivity index (χ0) is 14.0. The molecule has 1 aromatic heterocycles. The number of hydrogen-bond donors (Lipinski definition) is 1. The molecular weight excluding hydrogens is 281 g/mol. The van der Waals surface area contributed by atoms with E-state index in [0.717, 1.165) is 22.0 Å². The van der Waals surface area contributed by atoms with Gasteiger partial charge in [0, 0.05) is 4.88 Å². The quantitative estimate of drug-likeness (QED) is 0.850. The topological polar surface area (TPSA) is 12.0 Å². The van der Waals surface area contributed by atoms with Gasteiger partial charge in [0.25, 0.3) is 0 Å². The summed E-state index contributed by atoms with van der Waals surface area (Å²) in [5.41, 5.74) is 2.40. The SMILES string of the molecule is CCNC(c1cc(C)c(F)c(C)c1)c1sccc1Cl. The summed E-state index contributed by atoms with van der Waals surface area (Å²) in [6, 6.07) is 5.71. The van der Waals surface area contributed by atoms with Gasteiger partial charge in [0.1, 0.15) is 5.82 Å². The molecule has 1 heterocycles. The molecule has 0 fully saturated rings. The Morgan fingerprint density at radius 3 is 2.42 bits per heavy atom. The number of aryl methyl sites for hydroxylation is 2.